The molecule has 0 aliphatic heterocycles. The maximum absolute atomic E-state index is 5.84. The summed E-state index contributed by atoms with van der Waals surface area (Å²) in [4.78, 5) is 0. The summed E-state index contributed by atoms with van der Waals surface area (Å²) in [6, 6.07) is 5.73. The molecule has 0 aliphatic rings. The van der Waals surface area contributed by atoms with Crippen molar-refractivity contribution in [2.45, 2.75) is 6.92 Å². The molecule has 0 fully saturated rings. The third-order valence-corrected chi connectivity index (χ3v) is 2.96. The molecule has 4 N–H and O–H groups in total. The van der Waals surface area contributed by atoms with Gasteiger partial charge in [-0.15, -0.1) is 11.3 Å². The number of thiophene rings is 1. The van der Waals surface area contributed by atoms with Crippen LogP contribution < -0.4 is 16.2 Å². The lowest BCUT2D eigenvalue weighted by Crippen LogP contribution is -1.93. The number of nitrogens with two attached hydrogens (primary N) is 2. The lowest BCUT2D eigenvalue weighted by atomic mass is 10.2. The highest BCUT2D eigenvalue weighted by molar-refractivity contribution is 7.23. The molecule has 1 aromatic heterocycles. The molecular formula is C10H12N2OS. The lowest BCUT2D eigenvalue weighted by Gasteiger charge is -2.02. The molecule has 2 rings (SSSR count). The van der Waals surface area contributed by atoms with Crippen LogP contribution in [0.4, 0.5) is 10.7 Å². The van der Waals surface area contributed by atoms with E-state index in [0.29, 0.717) is 11.6 Å². The zero-order chi connectivity index (χ0) is 10.1. The SMILES string of the molecule is CCOc1c(N)sc2ccc(N)cc12. The quantitative estimate of drug-likeness (QED) is 0.745. The molecule has 0 amide bonds. The fourth-order valence-electron chi connectivity index (χ4n) is 1.40. The van der Waals surface area contributed by atoms with Crippen LogP contribution in [0.1, 0.15) is 6.92 Å². The van der Waals surface area contributed by atoms with Gasteiger partial charge in [0.2, 0.25) is 0 Å². The van der Waals surface area contributed by atoms with Crippen molar-refractivity contribution in [1.29, 1.82) is 0 Å². The lowest BCUT2D eigenvalue weighted by molar-refractivity contribution is 0.347. The first kappa shape index (κ1) is 9.15. The first-order valence-corrected chi connectivity index (χ1v) is 5.24. The Kier molecular flexibility index (Phi) is 2.21. The summed E-state index contributed by atoms with van der Waals surface area (Å²) >= 11 is 1.52. The fraction of sp³-hybridized carbons (Fsp3) is 0.200. The van der Waals surface area contributed by atoms with Gasteiger partial charge >= 0.3 is 0 Å². The van der Waals surface area contributed by atoms with Crippen LogP contribution in [0.15, 0.2) is 18.2 Å². The second-order valence-corrected chi connectivity index (χ2v) is 4.07. The Morgan fingerprint density at radius 2 is 2.14 bits per heavy atom. The molecule has 1 heterocycles. The number of rotatable bonds is 2. The smallest absolute Gasteiger partial charge is 0.161 e. The maximum Gasteiger partial charge on any atom is 0.161 e. The largest absolute Gasteiger partial charge is 0.490 e. The number of ether oxygens (including phenoxy) is 1. The van der Waals surface area contributed by atoms with Gasteiger partial charge in [0.1, 0.15) is 5.00 Å². The molecule has 0 spiro atoms. The number of hydrogen-bond donors (Lipinski definition) is 2. The number of nitrogen functional groups attached to an aromatic ring is 2. The highest BCUT2D eigenvalue weighted by atomic mass is 32.1. The second-order valence-electron chi connectivity index (χ2n) is 2.98. The van der Waals surface area contributed by atoms with Gasteiger partial charge in [0.15, 0.2) is 5.75 Å². The normalized spacial score (nSPS) is 10.6. The Morgan fingerprint density at radius 3 is 2.86 bits per heavy atom. The molecule has 0 saturated heterocycles. The summed E-state index contributed by atoms with van der Waals surface area (Å²) in [6.45, 7) is 2.56. The Morgan fingerprint density at radius 1 is 1.36 bits per heavy atom. The Balaban J connectivity index is 2.66. The van der Waals surface area contributed by atoms with Crippen molar-refractivity contribution in [1.82, 2.24) is 0 Å². The molecule has 14 heavy (non-hydrogen) atoms. The molecule has 0 aliphatic carbocycles. The summed E-state index contributed by atoms with van der Waals surface area (Å²) in [5, 5.41) is 1.72. The van der Waals surface area contributed by atoms with Crippen molar-refractivity contribution in [2.24, 2.45) is 0 Å². The topological polar surface area (TPSA) is 61.3 Å². The molecule has 4 heteroatoms. The summed E-state index contributed by atoms with van der Waals surface area (Å²) in [7, 11) is 0. The number of hydrogen-bond acceptors (Lipinski definition) is 4. The van der Waals surface area contributed by atoms with Gasteiger partial charge in [-0.3, -0.25) is 0 Å². The van der Waals surface area contributed by atoms with E-state index in [-0.39, 0.29) is 0 Å². The van der Waals surface area contributed by atoms with Crippen LogP contribution in [-0.4, -0.2) is 6.61 Å². The van der Waals surface area contributed by atoms with Gasteiger partial charge in [-0.05, 0) is 25.1 Å². The Labute approximate surface area is 86.3 Å². The zero-order valence-corrected chi connectivity index (χ0v) is 8.73. The third-order valence-electron chi connectivity index (χ3n) is 1.98. The molecule has 0 atom stereocenters. The average Bonchev–Trinajstić information content (AvgIpc) is 2.45. The van der Waals surface area contributed by atoms with Crippen molar-refractivity contribution < 1.29 is 4.74 Å². The van der Waals surface area contributed by atoms with Crippen molar-refractivity contribution in [2.75, 3.05) is 18.1 Å². The van der Waals surface area contributed by atoms with Crippen LogP contribution in [0.3, 0.4) is 0 Å². The van der Waals surface area contributed by atoms with Gasteiger partial charge in [0, 0.05) is 15.8 Å². The zero-order valence-electron chi connectivity index (χ0n) is 7.91. The van der Waals surface area contributed by atoms with Crippen molar-refractivity contribution in [3.05, 3.63) is 18.2 Å². The highest BCUT2D eigenvalue weighted by Gasteiger charge is 2.10. The maximum atomic E-state index is 5.84. The number of fused-ring (bicyclic) bond motifs is 1. The van der Waals surface area contributed by atoms with E-state index in [4.69, 9.17) is 16.2 Å². The first-order chi connectivity index (χ1) is 6.72. The molecule has 0 saturated carbocycles. The fourth-order valence-corrected chi connectivity index (χ4v) is 2.30. The summed E-state index contributed by atoms with van der Waals surface area (Å²) in [6.07, 6.45) is 0. The molecule has 1 aromatic carbocycles. The summed E-state index contributed by atoms with van der Waals surface area (Å²) in [5.74, 6) is 0.764. The van der Waals surface area contributed by atoms with Gasteiger partial charge in [-0.25, -0.2) is 0 Å². The van der Waals surface area contributed by atoms with Crippen LogP contribution in [0.25, 0.3) is 10.1 Å². The van der Waals surface area contributed by atoms with E-state index < -0.39 is 0 Å². The molecule has 0 unspecified atom stereocenters. The molecule has 0 radical (unpaired) electrons. The summed E-state index contributed by atoms with van der Waals surface area (Å²) < 4.78 is 6.59. The first-order valence-electron chi connectivity index (χ1n) is 4.42. The summed E-state index contributed by atoms with van der Waals surface area (Å²) in [5.41, 5.74) is 12.3. The minimum Gasteiger partial charge on any atom is -0.490 e. The van der Waals surface area contributed by atoms with Gasteiger partial charge < -0.3 is 16.2 Å². The molecule has 74 valence electrons. The van der Waals surface area contributed by atoms with E-state index >= 15 is 0 Å². The predicted molar refractivity (Wildman–Crippen MR) is 61.8 cm³/mol. The monoisotopic (exact) mass is 208 g/mol. The average molecular weight is 208 g/mol. The van der Waals surface area contributed by atoms with Gasteiger partial charge in [0.25, 0.3) is 0 Å². The predicted octanol–water partition coefficient (Wildman–Crippen LogP) is 2.46. The number of benzene rings is 1. The van der Waals surface area contributed by atoms with Crippen molar-refractivity contribution >= 4 is 32.1 Å². The minimum absolute atomic E-state index is 0.616. The van der Waals surface area contributed by atoms with Crippen LogP contribution in [0.5, 0.6) is 5.75 Å². The highest BCUT2D eigenvalue weighted by Crippen LogP contribution is 2.40. The minimum atomic E-state index is 0.616. The standard InChI is InChI=1S/C10H12N2OS/c1-2-13-9-7-5-6(11)3-4-8(7)14-10(9)12/h3-5H,2,11-12H2,1H3. The van der Waals surface area contributed by atoms with Crippen molar-refractivity contribution in [3.8, 4) is 5.75 Å². The Hall–Kier alpha value is -1.42. The van der Waals surface area contributed by atoms with Gasteiger partial charge in [0.05, 0.1) is 6.61 Å². The molecule has 3 nitrogen and oxygen atoms in total. The van der Waals surface area contributed by atoms with E-state index in [1.165, 1.54) is 11.3 Å². The van der Waals surface area contributed by atoms with E-state index in [2.05, 4.69) is 0 Å². The van der Waals surface area contributed by atoms with E-state index in [0.717, 1.165) is 21.5 Å². The Bertz CT molecular complexity index is 464. The third kappa shape index (κ3) is 1.37. The van der Waals surface area contributed by atoms with Crippen LogP contribution >= 0.6 is 11.3 Å². The van der Waals surface area contributed by atoms with Crippen LogP contribution in [0.2, 0.25) is 0 Å². The molecule has 2 aromatic rings. The van der Waals surface area contributed by atoms with Gasteiger partial charge in [-0.2, -0.15) is 0 Å². The molecular weight excluding hydrogens is 196 g/mol. The van der Waals surface area contributed by atoms with Crippen molar-refractivity contribution in [3.63, 3.8) is 0 Å². The van der Waals surface area contributed by atoms with Crippen LogP contribution in [0, 0.1) is 0 Å². The second kappa shape index (κ2) is 3.38. The van der Waals surface area contributed by atoms with Crippen LogP contribution in [-0.2, 0) is 0 Å². The van der Waals surface area contributed by atoms with Gasteiger partial charge in [-0.1, -0.05) is 0 Å². The van der Waals surface area contributed by atoms with E-state index in [1.807, 2.05) is 25.1 Å². The van der Waals surface area contributed by atoms with E-state index in [9.17, 15) is 0 Å². The molecule has 0 bridgehead atoms. The number of anilines is 2. The van der Waals surface area contributed by atoms with E-state index in [1.54, 1.807) is 0 Å².